The third kappa shape index (κ3) is 3.09. The molecule has 2 rings (SSSR count). The topological polar surface area (TPSA) is 0 Å². The SMILES string of the molecule is CCc1ccc(C(Cl)C2CCCCC2)cc1CC. The zero-order chi connectivity index (χ0) is 13.0. The van der Waals surface area contributed by atoms with Gasteiger partial charge in [0.2, 0.25) is 0 Å². The molecule has 0 bridgehead atoms. The first kappa shape index (κ1) is 13.9. The molecule has 0 aliphatic heterocycles. The van der Waals surface area contributed by atoms with E-state index in [1.54, 1.807) is 0 Å². The lowest BCUT2D eigenvalue weighted by Crippen LogP contribution is -2.12. The lowest BCUT2D eigenvalue weighted by molar-refractivity contribution is 0.348. The second-order valence-corrected chi connectivity index (χ2v) is 6.01. The van der Waals surface area contributed by atoms with Gasteiger partial charge >= 0.3 is 0 Å². The molecule has 1 unspecified atom stereocenters. The first-order valence-corrected chi connectivity index (χ1v) is 7.95. The minimum Gasteiger partial charge on any atom is -0.118 e. The molecule has 1 aliphatic rings. The molecule has 1 aromatic rings. The molecular weight excluding hydrogens is 240 g/mol. The van der Waals surface area contributed by atoms with Crippen molar-refractivity contribution in [1.29, 1.82) is 0 Å². The second kappa shape index (κ2) is 6.61. The van der Waals surface area contributed by atoms with Gasteiger partial charge in [-0.3, -0.25) is 0 Å². The highest BCUT2D eigenvalue weighted by Gasteiger charge is 2.23. The highest BCUT2D eigenvalue weighted by molar-refractivity contribution is 6.21. The van der Waals surface area contributed by atoms with Gasteiger partial charge in [0, 0.05) is 0 Å². The predicted octanol–water partition coefficient (Wildman–Crippen LogP) is 5.67. The maximum absolute atomic E-state index is 6.71. The van der Waals surface area contributed by atoms with Crippen LogP contribution in [0.1, 0.15) is 68.0 Å². The lowest BCUT2D eigenvalue weighted by atomic mass is 9.83. The van der Waals surface area contributed by atoms with Crippen LogP contribution in [0.15, 0.2) is 18.2 Å². The molecule has 0 saturated heterocycles. The van der Waals surface area contributed by atoms with Crippen LogP contribution in [0.5, 0.6) is 0 Å². The summed E-state index contributed by atoms with van der Waals surface area (Å²) in [7, 11) is 0. The number of aryl methyl sites for hydroxylation is 2. The Kier molecular flexibility index (Phi) is 5.12. The molecule has 0 aromatic heterocycles. The minimum atomic E-state index is 0.224. The third-order valence-corrected chi connectivity index (χ3v) is 4.98. The van der Waals surface area contributed by atoms with E-state index in [1.165, 1.54) is 48.8 Å². The van der Waals surface area contributed by atoms with Crippen molar-refractivity contribution >= 4 is 11.6 Å². The van der Waals surface area contributed by atoms with Crippen LogP contribution < -0.4 is 0 Å². The minimum absolute atomic E-state index is 0.224. The fourth-order valence-corrected chi connectivity index (χ4v) is 3.58. The smallest absolute Gasteiger partial charge is 0.0613 e. The monoisotopic (exact) mass is 264 g/mol. The first-order valence-electron chi connectivity index (χ1n) is 7.52. The van der Waals surface area contributed by atoms with E-state index in [2.05, 4.69) is 32.0 Å². The first-order chi connectivity index (χ1) is 8.76. The number of alkyl halides is 1. The number of benzene rings is 1. The Labute approximate surface area is 117 Å². The zero-order valence-corrected chi connectivity index (χ0v) is 12.5. The van der Waals surface area contributed by atoms with Crippen molar-refractivity contribution in [3.63, 3.8) is 0 Å². The Morgan fingerprint density at radius 1 is 1.06 bits per heavy atom. The van der Waals surface area contributed by atoms with Gasteiger partial charge < -0.3 is 0 Å². The third-order valence-electron chi connectivity index (χ3n) is 4.37. The Morgan fingerprint density at radius 2 is 1.72 bits per heavy atom. The van der Waals surface area contributed by atoms with E-state index in [0.717, 1.165) is 12.8 Å². The van der Waals surface area contributed by atoms with Gasteiger partial charge in [-0.1, -0.05) is 51.3 Å². The summed E-state index contributed by atoms with van der Waals surface area (Å²) >= 11 is 6.71. The molecule has 1 aromatic carbocycles. The second-order valence-electron chi connectivity index (χ2n) is 5.54. The van der Waals surface area contributed by atoms with Crippen LogP contribution in [0.3, 0.4) is 0 Å². The molecule has 1 aliphatic carbocycles. The molecule has 1 heteroatoms. The molecule has 0 amide bonds. The van der Waals surface area contributed by atoms with Crippen LogP contribution in [-0.4, -0.2) is 0 Å². The van der Waals surface area contributed by atoms with Crippen LogP contribution in [0.25, 0.3) is 0 Å². The Balaban J connectivity index is 2.16. The van der Waals surface area contributed by atoms with Crippen molar-refractivity contribution in [1.82, 2.24) is 0 Å². The van der Waals surface area contributed by atoms with Gasteiger partial charge in [0.25, 0.3) is 0 Å². The Hall–Kier alpha value is -0.490. The van der Waals surface area contributed by atoms with Crippen molar-refractivity contribution in [2.75, 3.05) is 0 Å². The molecule has 1 atom stereocenters. The summed E-state index contributed by atoms with van der Waals surface area (Å²) in [5.41, 5.74) is 4.31. The summed E-state index contributed by atoms with van der Waals surface area (Å²) in [4.78, 5) is 0. The zero-order valence-electron chi connectivity index (χ0n) is 11.7. The summed E-state index contributed by atoms with van der Waals surface area (Å²) in [5.74, 6) is 0.692. The fraction of sp³-hybridized carbons (Fsp3) is 0.647. The molecule has 0 nitrogen and oxygen atoms in total. The summed E-state index contributed by atoms with van der Waals surface area (Å²) in [5, 5.41) is 0.224. The predicted molar refractivity (Wildman–Crippen MR) is 80.4 cm³/mol. The van der Waals surface area contributed by atoms with E-state index in [4.69, 9.17) is 11.6 Å². The maximum Gasteiger partial charge on any atom is 0.0613 e. The van der Waals surface area contributed by atoms with E-state index in [1.807, 2.05) is 0 Å². The molecule has 1 fully saturated rings. The molecule has 0 radical (unpaired) electrons. The number of hydrogen-bond acceptors (Lipinski definition) is 0. The standard InChI is InChI=1S/C17H25Cl/c1-3-13-10-11-16(12-14(13)4-2)17(18)15-8-6-5-7-9-15/h10-12,15,17H,3-9H2,1-2H3. The van der Waals surface area contributed by atoms with E-state index in [-0.39, 0.29) is 5.38 Å². The largest absolute Gasteiger partial charge is 0.118 e. The van der Waals surface area contributed by atoms with Crippen molar-refractivity contribution in [2.24, 2.45) is 5.92 Å². The lowest BCUT2D eigenvalue weighted by Gasteiger charge is -2.27. The number of rotatable bonds is 4. The summed E-state index contributed by atoms with van der Waals surface area (Å²) in [6, 6.07) is 6.89. The Morgan fingerprint density at radius 3 is 2.33 bits per heavy atom. The molecule has 0 spiro atoms. The van der Waals surface area contributed by atoms with Gasteiger partial charge in [-0.15, -0.1) is 11.6 Å². The average molecular weight is 265 g/mol. The molecule has 100 valence electrons. The van der Waals surface area contributed by atoms with Gasteiger partial charge in [0.15, 0.2) is 0 Å². The van der Waals surface area contributed by atoms with Gasteiger partial charge in [-0.2, -0.15) is 0 Å². The van der Waals surface area contributed by atoms with Crippen LogP contribution in [0.4, 0.5) is 0 Å². The normalized spacial score (nSPS) is 18.8. The van der Waals surface area contributed by atoms with Gasteiger partial charge in [-0.25, -0.2) is 0 Å². The van der Waals surface area contributed by atoms with Crippen molar-refractivity contribution in [3.8, 4) is 0 Å². The molecule has 1 saturated carbocycles. The van der Waals surface area contributed by atoms with Crippen LogP contribution in [0, 0.1) is 5.92 Å². The quantitative estimate of drug-likeness (QED) is 0.615. The van der Waals surface area contributed by atoms with Gasteiger partial charge in [0.05, 0.1) is 5.38 Å². The van der Waals surface area contributed by atoms with E-state index >= 15 is 0 Å². The summed E-state index contributed by atoms with van der Waals surface area (Å²) in [6.45, 7) is 4.47. The van der Waals surface area contributed by atoms with Crippen molar-refractivity contribution in [3.05, 3.63) is 34.9 Å². The van der Waals surface area contributed by atoms with Crippen molar-refractivity contribution in [2.45, 2.75) is 64.2 Å². The van der Waals surface area contributed by atoms with E-state index in [9.17, 15) is 0 Å². The molecule has 0 heterocycles. The summed E-state index contributed by atoms with van der Waals surface area (Å²) < 4.78 is 0. The number of hydrogen-bond donors (Lipinski definition) is 0. The highest BCUT2D eigenvalue weighted by Crippen LogP contribution is 2.39. The molecular formula is C17H25Cl. The Bertz CT molecular complexity index is 377. The van der Waals surface area contributed by atoms with Crippen LogP contribution >= 0.6 is 11.6 Å². The average Bonchev–Trinajstić information content (AvgIpc) is 2.46. The van der Waals surface area contributed by atoms with Crippen LogP contribution in [-0.2, 0) is 12.8 Å². The number of halogens is 1. The molecule has 18 heavy (non-hydrogen) atoms. The maximum atomic E-state index is 6.71. The van der Waals surface area contributed by atoms with Crippen molar-refractivity contribution < 1.29 is 0 Å². The van der Waals surface area contributed by atoms with Crippen LogP contribution in [0.2, 0.25) is 0 Å². The summed E-state index contributed by atoms with van der Waals surface area (Å²) in [6.07, 6.45) is 8.99. The molecule has 0 N–H and O–H groups in total. The van der Waals surface area contributed by atoms with Gasteiger partial charge in [0.1, 0.15) is 0 Å². The van der Waals surface area contributed by atoms with E-state index in [0.29, 0.717) is 5.92 Å². The highest BCUT2D eigenvalue weighted by atomic mass is 35.5. The van der Waals surface area contributed by atoms with Gasteiger partial charge in [-0.05, 0) is 48.3 Å². The fourth-order valence-electron chi connectivity index (χ4n) is 3.19. The van der Waals surface area contributed by atoms with E-state index < -0.39 is 0 Å².